The van der Waals surface area contributed by atoms with Crippen LogP contribution in [0.2, 0.25) is 0 Å². The summed E-state index contributed by atoms with van der Waals surface area (Å²) in [4.78, 5) is 14.6. The van der Waals surface area contributed by atoms with Crippen LogP contribution >= 0.6 is 0 Å². The molecule has 0 atom stereocenters. The highest BCUT2D eigenvalue weighted by molar-refractivity contribution is 5.98. The number of hydrogen-bond donors (Lipinski definition) is 1. The Morgan fingerprint density at radius 3 is 2.92 bits per heavy atom. The summed E-state index contributed by atoms with van der Waals surface area (Å²) >= 11 is 0. The van der Waals surface area contributed by atoms with Crippen molar-refractivity contribution in [3.05, 3.63) is 52.0 Å². The first-order valence-electron chi connectivity index (χ1n) is 8.85. The Bertz CT molecular complexity index is 951. The maximum absolute atomic E-state index is 12.9. The number of furan rings is 1. The minimum atomic E-state index is -0.0982. The molecule has 0 bridgehead atoms. The van der Waals surface area contributed by atoms with Gasteiger partial charge in [0.05, 0.1) is 12.2 Å². The van der Waals surface area contributed by atoms with Crippen LogP contribution in [0.1, 0.15) is 51.5 Å². The molecule has 2 aromatic heterocycles. The zero-order valence-electron chi connectivity index (χ0n) is 15.0. The summed E-state index contributed by atoms with van der Waals surface area (Å²) in [5.41, 5.74) is 6.30. The summed E-state index contributed by atoms with van der Waals surface area (Å²) in [6, 6.07) is 6.03. The third-order valence-corrected chi connectivity index (χ3v) is 5.16. The molecule has 3 aromatic rings. The molecule has 4 rings (SSSR count). The topological polar surface area (TPSA) is 62.1 Å². The van der Waals surface area contributed by atoms with Crippen molar-refractivity contribution in [1.82, 2.24) is 15.1 Å². The minimum Gasteiger partial charge on any atom is -0.451 e. The van der Waals surface area contributed by atoms with Gasteiger partial charge in [-0.05, 0) is 56.7 Å². The Balaban J connectivity index is 1.60. The van der Waals surface area contributed by atoms with Gasteiger partial charge in [0, 0.05) is 23.7 Å². The number of carbonyl (C=O) groups is 1. The van der Waals surface area contributed by atoms with E-state index in [0.717, 1.165) is 40.6 Å². The van der Waals surface area contributed by atoms with Gasteiger partial charge in [0.25, 0.3) is 5.91 Å². The van der Waals surface area contributed by atoms with E-state index in [0.29, 0.717) is 12.3 Å². The van der Waals surface area contributed by atoms with Crippen molar-refractivity contribution in [2.45, 2.75) is 46.1 Å². The van der Waals surface area contributed by atoms with Crippen molar-refractivity contribution < 1.29 is 9.21 Å². The second kappa shape index (κ2) is 6.06. The molecular weight excluding hydrogens is 314 g/mol. The zero-order valence-corrected chi connectivity index (χ0v) is 15.0. The molecule has 130 valence electrons. The van der Waals surface area contributed by atoms with Crippen molar-refractivity contribution >= 4 is 16.9 Å². The summed E-state index contributed by atoms with van der Waals surface area (Å²) in [7, 11) is 1.81. The second-order valence-electron chi connectivity index (χ2n) is 7.05. The largest absolute Gasteiger partial charge is 0.451 e. The average molecular weight is 337 g/mol. The Kier molecular flexibility index (Phi) is 3.86. The average Bonchev–Trinajstić information content (AvgIpc) is 3.15. The summed E-state index contributed by atoms with van der Waals surface area (Å²) < 4.78 is 5.87. The number of hydrogen-bond acceptors (Lipinski definition) is 3. The van der Waals surface area contributed by atoms with Crippen LogP contribution in [-0.4, -0.2) is 28.1 Å². The van der Waals surface area contributed by atoms with Crippen molar-refractivity contribution in [1.29, 1.82) is 0 Å². The molecule has 1 amide bonds. The first-order chi connectivity index (χ1) is 12.0. The highest BCUT2D eigenvalue weighted by atomic mass is 16.3. The van der Waals surface area contributed by atoms with E-state index in [1.165, 1.54) is 24.1 Å². The molecule has 1 N–H and O–H groups in total. The lowest BCUT2D eigenvalue weighted by molar-refractivity contribution is 0.0753. The van der Waals surface area contributed by atoms with Gasteiger partial charge in [-0.15, -0.1) is 0 Å². The monoisotopic (exact) mass is 337 g/mol. The molecule has 5 nitrogen and oxygen atoms in total. The van der Waals surface area contributed by atoms with Crippen molar-refractivity contribution in [2.24, 2.45) is 0 Å². The number of benzene rings is 1. The summed E-state index contributed by atoms with van der Waals surface area (Å²) in [5, 5.41) is 8.58. The van der Waals surface area contributed by atoms with Crippen LogP contribution in [0.25, 0.3) is 11.0 Å². The van der Waals surface area contributed by atoms with Gasteiger partial charge in [0.1, 0.15) is 5.58 Å². The fourth-order valence-corrected chi connectivity index (χ4v) is 3.69. The lowest BCUT2D eigenvalue weighted by Crippen LogP contribution is -2.27. The van der Waals surface area contributed by atoms with Crippen molar-refractivity contribution in [3.8, 4) is 0 Å². The molecule has 0 radical (unpaired) electrons. The van der Waals surface area contributed by atoms with E-state index in [9.17, 15) is 4.79 Å². The van der Waals surface area contributed by atoms with Crippen LogP contribution in [0.4, 0.5) is 0 Å². The first kappa shape index (κ1) is 15.9. The fourth-order valence-electron chi connectivity index (χ4n) is 3.69. The molecule has 25 heavy (non-hydrogen) atoms. The predicted molar refractivity (Wildman–Crippen MR) is 96.7 cm³/mol. The quantitative estimate of drug-likeness (QED) is 0.788. The Hall–Kier alpha value is -2.56. The van der Waals surface area contributed by atoms with Crippen LogP contribution < -0.4 is 0 Å². The summed E-state index contributed by atoms with van der Waals surface area (Å²) in [6.45, 7) is 4.46. The maximum atomic E-state index is 12.9. The number of carbonyl (C=O) groups excluding carboxylic acids is 1. The number of H-pyrrole nitrogens is 1. The lowest BCUT2D eigenvalue weighted by atomic mass is 9.96. The Morgan fingerprint density at radius 2 is 2.08 bits per heavy atom. The van der Waals surface area contributed by atoms with Crippen LogP contribution in [0.15, 0.2) is 22.6 Å². The molecule has 0 spiro atoms. The molecule has 1 aromatic carbocycles. The van der Waals surface area contributed by atoms with E-state index in [1.807, 2.05) is 39.1 Å². The van der Waals surface area contributed by atoms with E-state index >= 15 is 0 Å². The highest BCUT2D eigenvalue weighted by Crippen LogP contribution is 2.28. The molecule has 0 aliphatic heterocycles. The first-order valence-corrected chi connectivity index (χ1v) is 8.85. The Labute approximate surface area is 147 Å². The smallest absolute Gasteiger partial charge is 0.289 e. The second-order valence-corrected chi connectivity index (χ2v) is 7.05. The molecule has 0 fully saturated rings. The van der Waals surface area contributed by atoms with Crippen LogP contribution in [0.5, 0.6) is 0 Å². The van der Waals surface area contributed by atoms with Gasteiger partial charge in [0.15, 0.2) is 5.76 Å². The van der Waals surface area contributed by atoms with Gasteiger partial charge >= 0.3 is 0 Å². The maximum Gasteiger partial charge on any atom is 0.289 e. The highest BCUT2D eigenvalue weighted by Gasteiger charge is 2.24. The number of aryl methyl sites for hydroxylation is 3. The molecule has 2 heterocycles. The number of nitrogens with one attached hydrogen (secondary N) is 1. The molecule has 0 saturated heterocycles. The third kappa shape index (κ3) is 2.73. The van der Waals surface area contributed by atoms with E-state index in [4.69, 9.17) is 4.42 Å². The van der Waals surface area contributed by atoms with Crippen LogP contribution in [0, 0.1) is 13.8 Å². The molecule has 1 aliphatic rings. The molecular formula is C20H23N3O2. The van der Waals surface area contributed by atoms with E-state index in [2.05, 4.69) is 10.2 Å². The van der Waals surface area contributed by atoms with Gasteiger partial charge in [-0.3, -0.25) is 9.89 Å². The number of nitrogens with zero attached hydrogens (tertiary/aromatic N) is 2. The molecule has 0 saturated carbocycles. The lowest BCUT2D eigenvalue weighted by Gasteiger charge is -2.17. The zero-order chi connectivity index (χ0) is 17.6. The van der Waals surface area contributed by atoms with Crippen molar-refractivity contribution in [3.63, 3.8) is 0 Å². The van der Waals surface area contributed by atoms with Crippen LogP contribution in [0.3, 0.4) is 0 Å². The van der Waals surface area contributed by atoms with E-state index < -0.39 is 0 Å². The molecule has 1 aliphatic carbocycles. The van der Waals surface area contributed by atoms with Gasteiger partial charge in [-0.25, -0.2) is 0 Å². The van der Waals surface area contributed by atoms with E-state index in [-0.39, 0.29) is 5.91 Å². The fraction of sp³-hybridized carbons (Fsp3) is 0.400. The standard InChI is InChI=1S/C20H23N3O2/c1-12-8-9-14-13(2)19(25-18(14)10-12)20(24)23(3)11-17-15-6-4-5-7-16(15)21-22-17/h8-10H,4-7,11H2,1-3H3,(H,21,22). The van der Waals surface area contributed by atoms with E-state index in [1.54, 1.807) is 4.90 Å². The van der Waals surface area contributed by atoms with Gasteiger partial charge in [-0.2, -0.15) is 5.10 Å². The normalized spacial score (nSPS) is 13.9. The van der Waals surface area contributed by atoms with Gasteiger partial charge < -0.3 is 9.32 Å². The summed E-state index contributed by atoms with van der Waals surface area (Å²) in [6.07, 6.45) is 4.51. The van der Waals surface area contributed by atoms with Gasteiger partial charge in [-0.1, -0.05) is 12.1 Å². The minimum absolute atomic E-state index is 0.0982. The number of aromatic nitrogens is 2. The Morgan fingerprint density at radius 1 is 1.28 bits per heavy atom. The molecule has 5 heteroatoms. The van der Waals surface area contributed by atoms with Crippen molar-refractivity contribution in [2.75, 3.05) is 7.05 Å². The summed E-state index contributed by atoms with van der Waals surface area (Å²) in [5.74, 6) is 0.325. The number of fused-ring (bicyclic) bond motifs is 2. The predicted octanol–water partition coefficient (Wildman–Crippen LogP) is 3.92. The third-order valence-electron chi connectivity index (χ3n) is 5.16. The number of aromatic amines is 1. The SMILES string of the molecule is Cc1ccc2c(C)c(C(=O)N(C)Cc3n[nH]c4c3CCCC4)oc2c1. The van der Waals surface area contributed by atoms with Gasteiger partial charge in [0.2, 0.25) is 0 Å². The molecule has 0 unspecified atom stereocenters. The number of amides is 1. The number of rotatable bonds is 3. The van der Waals surface area contributed by atoms with Crippen LogP contribution in [-0.2, 0) is 19.4 Å².